The molecule has 0 bridgehead atoms. The Morgan fingerprint density at radius 3 is 2.88 bits per heavy atom. The second-order valence-corrected chi connectivity index (χ2v) is 4.91. The van der Waals surface area contributed by atoms with Crippen LogP contribution in [0.25, 0.3) is 0 Å². The molecule has 4 nitrogen and oxygen atoms in total. The topological polar surface area (TPSA) is 54.9 Å². The summed E-state index contributed by atoms with van der Waals surface area (Å²) in [6.45, 7) is 0. The number of amides is 1. The van der Waals surface area contributed by atoms with E-state index in [9.17, 15) is 4.79 Å². The number of nitrogens with one attached hydrogen (secondary N) is 1. The third-order valence-electron chi connectivity index (χ3n) is 1.85. The quantitative estimate of drug-likeness (QED) is 0.697. The molecule has 0 aliphatic heterocycles. The van der Waals surface area contributed by atoms with Crippen LogP contribution in [0.4, 0.5) is 5.82 Å². The molecular weight excluding hydrogens is 281 g/mol. The Balaban J connectivity index is 2.03. The number of halogens is 2. The van der Waals surface area contributed by atoms with Gasteiger partial charge in [-0.3, -0.25) is 4.79 Å². The molecule has 17 heavy (non-hydrogen) atoms. The number of hydrogen-bond acceptors (Lipinski definition) is 4. The van der Waals surface area contributed by atoms with Crippen LogP contribution < -0.4 is 5.32 Å². The van der Waals surface area contributed by atoms with Gasteiger partial charge in [-0.2, -0.15) is 0 Å². The molecule has 0 saturated carbocycles. The van der Waals surface area contributed by atoms with Crippen molar-refractivity contribution in [2.24, 2.45) is 0 Å². The minimum absolute atomic E-state index is 0.00363. The van der Waals surface area contributed by atoms with Gasteiger partial charge in [0.15, 0.2) is 0 Å². The Morgan fingerprint density at radius 1 is 1.41 bits per heavy atom. The van der Waals surface area contributed by atoms with Gasteiger partial charge in [-0.15, -0.1) is 11.3 Å². The Bertz CT molecular complexity index is 510. The molecule has 0 spiro atoms. The first-order valence-electron chi connectivity index (χ1n) is 4.66. The van der Waals surface area contributed by atoms with Gasteiger partial charge in [0.05, 0.1) is 6.42 Å². The van der Waals surface area contributed by atoms with E-state index in [4.69, 9.17) is 23.2 Å². The van der Waals surface area contributed by atoms with Gasteiger partial charge >= 0.3 is 0 Å². The van der Waals surface area contributed by atoms with Crippen LogP contribution in [0.1, 0.15) is 4.88 Å². The van der Waals surface area contributed by atoms with E-state index in [-0.39, 0.29) is 16.3 Å². The number of anilines is 1. The number of aromatic nitrogens is 2. The van der Waals surface area contributed by atoms with Crippen LogP contribution in [0.3, 0.4) is 0 Å². The second-order valence-electron chi connectivity index (χ2n) is 3.15. The van der Waals surface area contributed by atoms with Crippen molar-refractivity contribution in [2.45, 2.75) is 6.42 Å². The fourth-order valence-corrected chi connectivity index (χ4v) is 2.32. The molecule has 0 radical (unpaired) electrons. The zero-order chi connectivity index (χ0) is 12.3. The number of nitrogens with zero attached hydrogens (tertiary/aromatic N) is 2. The molecule has 88 valence electrons. The maximum absolute atomic E-state index is 11.7. The maximum Gasteiger partial charge on any atom is 0.230 e. The van der Waals surface area contributed by atoms with Gasteiger partial charge in [-0.25, -0.2) is 9.97 Å². The van der Waals surface area contributed by atoms with Crippen LogP contribution >= 0.6 is 34.5 Å². The zero-order valence-electron chi connectivity index (χ0n) is 8.48. The minimum Gasteiger partial charge on any atom is -0.310 e. The SMILES string of the molecule is O=C(Cc1cccs1)Nc1cc(Cl)nc(Cl)n1. The molecule has 0 unspecified atom stereocenters. The van der Waals surface area contributed by atoms with Gasteiger partial charge in [0.1, 0.15) is 11.0 Å². The second kappa shape index (κ2) is 5.44. The molecule has 7 heteroatoms. The highest BCUT2D eigenvalue weighted by Gasteiger charge is 2.07. The van der Waals surface area contributed by atoms with E-state index in [0.717, 1.165) is 4.88 Å². The predicted octanol–water partition coefficient (Wildman–Crippen LogP) is 3.03. The van der Waals surface area contributed by atoms with E-state index < -0.39 is 0 Å². The van der Waals surface area contributed by atoms with Crippen molar-refractivity contribution in [3.8, 4) is 0 Å². The summed E-state index contributed by atoms with van der Waals surface area (Å²) < 4.78 is 0. The van der Waals surface area contributed by atoms with Crippen molar-refractivity contribution in [3.05, 3.63) is 38.9 Å². The van der Waals surface area contributed by atoms with Crippen molar-refractivity contribution in [2.75, 3.05) is 5.32 Å². The summed E-state index contributed by atoms with van der Waals surface area (Å²) in [5.74, 6) is 0.134. The molecular formula is C10H7Cl2N3OS. The molecule has 2 rings (SSSR count). The minimum atomic E-state index is -0.168. The third-order valence-corrected chi connectivity index (χ3v) is 3.09. The average Bonchev–Trinajstić information content (AvgIpc) is 2.67. The summed E-state index contributed by atoms with van der Waals surface area (Å²) in [6.07, 6.45) is 0.302. The van der Waals surface area contributed by atoms with Crippen LogP contribution in [-0.2, 0) is 11.2 Å². The lowest BCUT2D eigenvalue weighted by atomic mass is 10.3. The summed E-state index contributed by atoms with van der Waals surface area (Å²) in [7, 11) is 0. The third kappa shape index (κ3) is 3.66. The molecule has 0 aliphatic rings. The van der Waals surface area contributed by atoms with E-state index in [1.165, 1.54) is 17.4 Å². The lowest BCUT2D eigenvalue weighted by Crippen LogP contribution is -2.14. The lowest BCUT2D eigenvalue weighted by Gasteiger charge is -2.03. The molecule has 1 N–H and O–H groups in total. The number of thiophene rings is 1. The van der Waals surface area contributed by atoms with Crippen molar-refractivity contribution in [1.82, 2.24) is 9.97 Å². The van der Waals surface area contributed by atoms with Gasteiger partial charge in [0.2, 0.25) is 11.2 Å². The van der Waals surface area contributed by atoms with Gasteiger partial charge in [-0.1, -0.05) is 17.7 Å². The summed E-state index contributed by atoms with van der Waals surface area (Å²) in [5.41, 5.74) is 0. The van der Waals surface area contributed by atoms with E-state index in [1.807, 2.05) is 17.5 Å². The van der Waals surface area contributed by atoms with Gasteiger partial charge < -0.3 is 5.32 Å². The Morgan fingerprint density at radius 2 is 2.24 bits per heavy atom. The van der Waals surface area contributed by atoms with E-state index in [1.54, 1.807) is 0 Å². The van der Waals surface area contributed by atoms with Gasteiger partial charge in [0, 0.05) is 10.9 Å². The average molecular weight is 288 g/mol. The predicted molar refractivity (Wildman–Crippen MR) is 68.7 cm³/mol. The lowest BCUT2D eigenvalue weighted by molar-refractivity contribution is -0.115. The summed E-state index contributed by atoms with van der Waals surface area (Å²) in [5, 5.41) is 4.72. The number of rotatable bonds is 3. The molecule has 0 atom stereocenters. The first-order chi connectivity index (χ1) is 8.13. The van der Waals surface area contributed by atoms with Crippen molar-refractivity contribution < 1.29 is 4.79 Å². The number of hydrogen-bond donors (Lipinski definition) is 1. The van der Waals surface area contributed by atoms with E-state index in [0.29, 0.717) is 12.2 Å². The highest BCUT2D eigenvalue weighted by molar-refractivity contribution is 7.10. The molecule has 2 heterocycles. The first kappa shape index (κ1) is 12.3. The van der Waals surface area contributed by atoms with Crippen LogP contribution in [0, 0.1) is 0 Å². The van der Waals surface area contributed by atoms with Crippen molar-refractivity contribution in [1.29, 1.82) is 0 Å². The maximum atomic E-state index is 11.7. The Hall–Kier alpha value is -1.17. The summed E-state index contributed by atoms with van der Waals surface area (Å²) >= 11 is 12.8. The monoisotopic (exact) mass is 287 g/mol. The molecule has 0 aromatic carbocycles. The standard InChI is InChI=1S/C10H7Cl2N3OS/c11-7-5-8(15-10(12)13-7)14-9(16)4-6-2-1-3-17-6/h1-3,5H,4H2,(H,13,14,15,16). The smallest absolute Gasteiger partial charge is 0.230 e. The highest BCUT2D eigenvalue weighted by Crippen LogP contribution is 2.15. The molecule has 1 amide bonds. The fourth-order valence-electron chi connectivity index (χ4n) is 1.21. The molecule has 2 aromatic heterocycles. The number of carbonyl (C=O) groups is 1. The zero-order valence-corrected chi connectivity index (χ0v) is 10.8. The van der Waals surface area contributed by atoms with Crippen LogP contribution in [0.5, 0.6) is 0 Å². The van der Waals surface area contributed by atoms with E-state index in [2.05, 4.69) is 15.3 Å². The van der Waals surface area contributed by atoms with Crippen LogP contribution in [0.2, 0.25) is 10.4 Å². The van der Waals surface area contributed by atoms with Gasteiger partial charge in [0.25, 0.3) is 0 Å². The number of carbonyl (C=O) groups excluding carboxylic acids is 1. The van der Waals surface area contributed by atoms with Gasteiger partial charge in [-0.05, 0) is 23.0 Å². The normalized spacial score (nSPS) is 10.2. The van der Waals surface area contributed by atoms with Crippen molar-refractivity contribution >= 4 is 46.3 Å². The summed E-state index contributed by atoms with van der Waals surface area (Å²) in [6, 6.07) is 5.23. The van der Waals surface area contributed by atoms with Crippen LogP contribution in [-0.4, -0.2) is 15.9 Å². The largest absolute Gasteiger partial charge is 0.310 e. The van der Waals surface area contributed by atoms with Crippen LogP contribution in [0.15, 0.2) is 23.6 Å². The van der Waals surface area contributed by atoms with E-state index >= 15 is 0 Å². The Kier molecular flexibility index (Phi) is 3.93. The first-order valence-corrected chi connectivity index (χ1v) is 6.29. The Labute approximate surface area is 112 Å². The fraction of sp³-hybridized carbons (Fsp3) is 0.100. The molecule has 2 aromatic rings. The van der Waals surface area contributed by atoms with Crippen molar-refractivity contribution in [3.63, 3.8) is 0 Å². The summed E-state index contributed by atoms with van der Waals surface area (Å²) in [4.78, 5) is 20.2. The molecule has 0 saturated heterocycles. The molecule has 0 aliphatic carbocycles. The molecule has 0 fully saturated rings. The highest BCUT2D eigenvalue weighted by atomic mass is 35.5.